The van der Waals surface area contributed by atoms with Crippen molar-refractivity contribution in [1.29, 1.82) is 5.26 Å². The number of hydrogen-bond acceptors (Lipinski definition) is 4. The molecule has 26 heavy (non-hydrogen) atoms. The molecule has 6 heteroatoms. The summed E-state index contributed by atoms with van der Waals surface area (Å²) in [6.45, 7) is 1.90. The van der Waals surface area contributed by atoms with Crippen molar-refractivity contribution in [2.75, 3.05) is 0 Å². The number of nitrogens with one attached hydrogen (secondary N) is 1. The minimum atomic E-state index is -3.76. The smallest absolute Gasteiger partial charge is 0.222 e. The number of hydrogen-bond donors (Lipinski definition) is 1. The Hall–Kier alpha value is -2.91. The number of benzene rings is 2. The van der Waals surface area contributed by atoms with Gasteiger partial charge >= 0.3 is 0 Å². The van der Waals surface area contributed by atoms with Crippen LogP contribution in [0.25, 0.3) is 10.9 Å². The van der Waals surface area contributed by atoms with Crippen molar-refractivity contribution in [3.63, 3.8) is 0 Å². The number of aromatic nitrogens is 1. The highest BCUT2D eigenvalue weighted by atomic mass is 32.2. The van der Waals surface area contributed by atoms with Gasteiger partial charge in [-0.15, -0.1) is 0 Å². The first-order chi connectivity index (χ1) is 12.5. The van der Waals surface area contributed by atoms with Gasteiger partial charge in [-0.2, -0.15) is 5.26 Å². The van der Waals surface area contributed by atoms with Crippen LogP contribution in [-0.4, -0.2) is 19.7 Å². The molecule has 0 saturated heterocycles. The molecule has 1 aliphatic carbocycles. The fraction of sp³-hybridized carbons (Fsp3) is 0.200. The summed E-state index contributed by atoms with van der Waals surface area (Å²) in [5.41, 5.74) is 2.71. The van der Waals surface area contributed by atoms with Gasteiger partial charge in [0.2, 0.25) is 9.84 Å². The second-order valence-corrected chi connectivity index (χ2v) is 8.59. The Balaban J connectivity index is 1.97. The van der Waals surface area contributed by atoms with Gasteiger partial charge in [-0.25, -0.2) is 8.42 Å². The van der Waals surface area contributed by atoms with Gasteiger partial charge in [-0.1, -0.05) is 17.7 Å². The Morgan fingerprint density at radius 3 is 2.54 bits per heavy atom. The molecular formula is C20H16N2O3S. The molecule has 2 aromatic carbocycles. The zero-order valence-electron chi connectivity index (χ0n) is 14.1. The van der Waals surface area contributed by atoms with E-state index in [-0.39, 0.29) is 21.8 Å². The van der Waals surface area contributed by atoms with Gasteiger partial charge in [-0.05, 0) is 49.6 Å². The van der Waals surface area contributed by atoms with E-state index in [0.717, 1.165) is 11.8 Å². The lowest BCUT2D eigenvalue weighted by Crippen LogP contribution is -2.05. The van der Waals surface area contributed by atoms with Crippen LogP contribution >= 0.6 is 0 Å². The highest BCUT2D eigenvalue weighted by Crippen LogP contribution is 2.51. The lowest BCUT2D eigenvalue weighted by molar-refractivity contribution is -0.108. The molecule has 3 aromatic rings. The third-order valence-electron chi connectivity index (χ3n) is 4.92. The Bertz CT molecular complexity index is 1170. The Kier molecular flexibility index (Phi) is 3.70. The lowest BCUT2D eigenvalue weighted by Gasteiger charge is -2.07. The summed E-state index contributed by atoms with van der Waals surface area (Å²) in [6, 6.07) is 13.8. The minimum Gasteiger partial charge on any atom is -0.345 e. The molecule has 1 aromatic heterocycles. The van der Waals surface area contributed by atoms with Crippen LogP contribution in [0, 0.1) is 24.2 Å². The number of H-pyrrole nitrogens is 1. The topological polar surface area (TPSA) is 90.8 Å². The van der Waals surface area contributed by atoms with Gasteiger partial charge in [0.25, 0.3) is 0 Å². The van der Waals surface area contributed by atoms with E-state index in [4.69, 9.17) is 0 Å². The molecule has 0 bridgehead atoms. The van der Waals surface area contributed by atoms with Gasteiger partial charge in [0.15, 0.2) is 0 Å². The molecule has 130 valence electrons. The van der Waals surface area contributed by atoms with Gasteiger partial charge in [0, 0.05) is 22.4 Å². The molecule has 5 nitrogen and oxygen atoms in total. The first kappa shape index (κ1) is 16.6. The van der Waals surface area contributed by atoms with Crippen LogP contribution in [0.3, 0.4) is 0 Å². The van der Waals surface area contributed by atoms with Gasteiger partial charge in [0.1, 0.15) is 11.3 Å². The molecule has 1 aliphatic rings. The second-order valence-electron chi connectivity index (χ2n) is 6.70. The van der Waals surface area contributed by atoms with Crippen LogP contribution in [0.15, 0.2) is 52.4 Å². The van der Waals surface area contributed by atoms with E-state index in [1.165, 1.54) is 0 Å². The second kappa shape index (κ2) is 5.82. The Morgan fingerprint density at radius 1 is 1.19 bits per heavy atom. The van der Waals surface area contributed by atoms with Crippen molar-refractivity contribution >= 4 is 27.0 Å². The molecule has 0 amide bonds. The van der Waals surface area contributed by atoms with Crippen molar-refractivity contribution in [2.24, 2.45) is 5.92 Å². The highest BCUT2D eigenvalue weighted by Gasteiger charge is 2.43. The van der Waals surface area contributed by atoms with Crippen LogP contribution in [0.5, 0.6) is 0 Å². The van der Waals surface area contributed by atoms with Crippen LogP contribution in [0.2, 0.25) is 0 Å². The highest BCUT2D eigenvalue weighted by molar-refractivity contribution is 7.91. The van der Waals surface area contributed by atoms with Crippen molar-refractivity contribution in [2.45, 2.75) is 29.2 Å². The molecule has 1 fully saturated rings. The molecule has 2 atom stereocenters. The van der Waals surface area contributed by atoms with E-state index in [9.17, 15) is 18.5 Å². The van der Waals surface area contributed by atoms with Crippen molar-refractivity contribution < 1.29 is 13.2 Å². The lowest BCUT2D eigenvalue weighted by atomic mass is 10.1. The molecular weight excluding hydrogens is 348 g/mol. The van der Waals surface area contributed by atoms with Crippen molar-refractivity contribution in [3.05, 3.63) is 59.2 Å². The van der Waals surface area contributed by atoms with Crippen LogP contribution < -0.4 is 0 Å². The van der Waals surface area contributed by atoms with Crippen molar-refractivity contribution in [1.82, 2.24) is 4.98 Å². The average Bonchev–Trinajstić information content (AvgIpc) is 3.32. The summed E-state index contributed by atoms with van der Waals surface area (Å²) in [6.07, 6.45) is 1.50. The molecule has 0 radical (unpaired) electrons. The molecule has 1 saturated carbocycles. The molecule has 2 unspecified atom stereocenters. The standard InChI is InChI=1S/C20H16N2O3S/c1-12-2-5-15(6-3-12)26(24,25)20-19(16-9-14(16)11-23)17-8-13(10-21)4-7-18(17)22-20/h2-8,11,14,16,22H,9H2,1H3. The van der Waals surface area contributed by atoms with E-state index < -0.39 is 9.84 Å². The number of sulfone groups is 1. The summed E-state index contributed by atoms with van der Waals surface area (Å²) in [4.78, 5) is 14.4. The van der Waals surface area contributed by atoms with Crippen LogP contribution in [0.1, 0.15) is 29.0 Å². The summed E-state index contributed by atoms with van der Waals surface area (Å²) in [7, 11) is -3.76. The number of aryl methyl sites for hydroxylation is 1. The number of carbonyl (C=O) groups is 1. The predicted octanol–water partition coefficient (Wildman–Crippen LogP) is 3.48. The summed E-state index contributed by atoms with van der Waals surface area (Å²) >= 11 is 0. The van der Waals surface area contributed by atoms with Crippen LogP contribution in [-0.2, 0) is 14.6 Å². The fourth-order valence-electron chi connectivity index (χ4n) is 3.37. The monoisotopic (exact) mass is 364 g/mol. The van der Waals surface area contributed by atoms with E-state index in [1.54, 1.807) is 42.5 Å². The number of aromatic amines is 1. The zero-order chi connectivity index (χ0) is 18.5. The number of nitrogens with zero attached hydrogens (tertiary/aromatic N) is 1. The maximum absolute atomic E-state index is 13.2. The average molecular weight is 364 g/mol. The largest absolute Gasteiger partial charge is 0.345 e. The maximum Gasteiger partial charge on any atom is 0.222 e. The molecule has 0 spiro atoms. The van der Waals surface area contributed by atoms with E-state index in [0.29, 0.717) is 28.5 Å². The van der Waals surface area contributed by atoms with E-state index >= 15 is 0 Å². The number of fused-ring (bicyclic) bond motifs is 1. The maximum atomic E-state index is 13.2. The minimum absolute atomic E-state index is 0.126. The SMILES string of the molecule is Cc1ccc(S(=O)(=O)c2[nH]c3ccc(C#N)cc3c2C2CC2C=O)cc1. The first-order valence-corrected chi connectivity index (χ1v) is 9.77. The molecule has 1 heterocycles. The fourth-order valence-corrected chi connectivity index (χ4v) is 4.90. The van der Waals surface area contributed by atoms with Crippen LogP contribution in [0.4, 0.5) is 0 Å². The number of aldehydes is 1. The predicted molar refractivity (Wildman–Crippen MR) is 96.6 cm³/mol. The van der Waals surface area contributed by atoms with Crippen molar-refractivity contribution in [3.8, 4) is 6.07 Å². The molecule has 1 N–H and O–H groups in total. The Morgan fingerprint density at radius 2 is 1.92 bits per heavy atom. The number of carbonyl (C=O) groups excluding carboxylic acids is 1. The summed E-state index contributed by atoms with van der Waals surface area (Å²) < 4.78 is 26.5. The number of rotatable bonds is 4. The molecule has 0 aliphatic heterocycles. The van der Waals surface area contributed by atoms with Gasteiger partial charge in [0.05, 0.1) is 16.5 Å². The first-order valence-electron chi connectivity index (χ1n) is 8.28. The number of nitriles is 1. The third kappa shape index (κ3) is 2.52. The van der Waals surface area contributed by atoms with Gasteiger partial charge < -0.3 is 9.78 Å². The zero-order valence-corrected chi connectivity index (χ0v) is 14.9. The van der Waals surface area contributed by atoms with Gasteiger partial charge in [-0.3, -0.25) is 0 Å². The third-order valence-corrected chi connectivity index (χ3v) is 6.67. The van der Waals surface area contributed by atoms with E-state index in [2.05, 4.69) is 11.1 Å². The Labute approximate surface area is 151 Å². The van der Waals surface area contributed by atoms with E-state index in [1.807, 2.05) is 6.92 Å². The quantitative estimate of drug-likeness (QED) is 0.718. The summed E-state index contributed by atoms with van der Waals surface area (Å²) in [5, 5.41) is 10.0. The molecule has 4 rings (SSSR count). The normalized spacial score (nSPS) is 19.2. The summed E-state index contributed by atoms with van der Waals surface area (Å²) in [5.74, 6) is -0.308.